The molecule has 0 bridgehead atoms. The highest BCUT2D eigenvalue weighted by molar-refractivity contribution is 7.13. The van der Waals surface area contributed by atoms with E-state index in [-0.39, 0.29) is 0 Å². The molecule has 86 valence electrons. The fourth-order valence-electron chi connectivity index (χ4n) is 1.61. The second-order valence-electron chi connectivity index (χ2n) is 4.28. The zero-order valence-electron chi connectivity index (χ0n) is 9.56. The summed E-state index contributed by atoms with van der Waals surface area (Å²) in [6.45, 7) is 4.40. The summed E-state index contributed by atoms with van der Waals surface area (Å²) in [4.78, 5) is 1.14. The van der Waals surface area contributed by atoms with E-state index in [1.54, 1.807) is 11.3 Å². The van der Waals surface area contributed by atoms with E-state index in [1.165, 1.54) is 0 Å². The topological polar surface area (TPSA) is 52.0 Å². The van der Waals surface area contributed by atoms with Gasteiger partial charge in [-0.25, -0.2) is 0 Å². The van der Waals surface area contributed by atoms with Crippen LogP contribution in [-0.2, 0) is 6.42 Å². The molecule has 0 aliphatic carbocycles. The third-order valence-electron chi connectivity index (χ3n) is 2.51. The molecule has 0 spiro atoms. The largest absolute Gasteiger partial charge is 0.380 e. The highest BCUT2D eigenvalue weighted by atomic mass is 32.1. The summed E-state index contributed by atoms with van der Waals surface area (Å²) in [6.07, 6.45) is 1.99. The molecule has 0 unspecified atom stereocenters. The first kappa shape index (κ1) is 11.2. The van der Waals surface area contributed by atoms with Crippen molar-refractivity contribution in [2.75, 3.05) is 5.73 Å². The van der Waals surface area contributed by atoms with Crippen LogP contribution in [0.25, 0.3) is 10.4 Å². The van der Waals surface area contributed by atoms with E-state index in [9.17, 15) is 0 Å². The molecule has 0 aliphatic heterocycles. The van der Waals surface area contributed by atoms with Gasteiger partial charge in [0.1, 0.15) is 5.76 Å². The van der Waals surface area contributed by atoms with E-state index in [0.29, 0.717) is 11.7 Å². The number of thiophene rings is 1. The molecule has 2 aromatic heterocycles. The van der Waals surface area contributed by atoms with Crippen molar-refractivity contribution in [2.45, 2.75) is 26.7 Å². The van der Waals surface area contributed by atoms with Crippen LogP contribution in [0.15, 0.2) is 22.0 Å². The van der Waals surface area contributed by atoms with Crippen LogP contribution < -0.4 is 5.73 Å². The fraction of sp³-hybridized carbons (Fsp3) is 0.417. The summed E-state index contributed by atoms with van der Waals surface area (Å²) in [6, 6.07) is 4.06. The summed E-state index contributed by atoms with van der Waals surface area (Å²) in [5, 5.41) is 5.90. The lowest BCUT2D eigenvalue weighted by atomic mass is 10.0. The lowest BCUT2D eigenvalue weighted by Gasteiger charge is -2.02. The van der Waals surface area contributed by atoms with Gasteiger partial charge in [-0.1, -0.05) is 25.1 Å². The molecular formula is C12H16N2OS. The Bertz CT molecular complexity index is 446. The fourth-order valence-corrected chi connectivity index (χ4v) is 2.41. The minimum Gasteiger partial charge on any atom is -0.380 e. The smallest absolute Gasteiger partial charge is 0.175 e. The van der Waals surface area contributed by atoms with Crippen molar-refractivity contribution in [2.24, 2.45) is 5.92 Å². The molecule has 3 nitrogen and oxygen atoms in total. The maximum atomic E-state index is 5.84. The van der Waals surface area contributed by atoms with Crippen LogP contribution >= 0.6 is 11.3 Å². The van der Waals surface area contributed by atoms with Gasteiger partial charge in [0, 0.05) is 11.3 Å². The van der Waals surface area contributed by atoms with Gasteiger partial charge in [-0.3, -0.25) is 0 Å². The van der Waals surface area contributed by atoms with Gasteiger partial charge in [0.15, 0.2) is 5.82 Å². The van der Waals surface area contributed by atoms with Gasteiger partial charge >= 0.3 is 0 Å². The summed E-state index contributed by atoms with van der Waals surface area (Å²) < 4.78 is 5.30. The molecular weight excluding hydrogens is 220 g/mol. The monoisotopic (exact) mass is 236 g/mol. The van der Waals surface area contributed by atoms with E-state index < -0.39 is 0 Å². The van der Waals surface area contributed by atoms with Crippen molar-refractivity contribution in [3.05, 3.63) is 23.3 Å². The van der Waals surface area contributed by atoms with Crippen molar-refractivity contribution < 1.29 is 4.52 Å². The minimum absolute atomic E-state index is 0.501. The van der Waals surface area contributed by atoms with Crippen molar-refractivity contribution in [1.82, 2.24) is 5.16 Å². The number of hydrogen-bond donors (Lipinski definition) is 1. The standard InChI is InChI=1S/C12H16N2OS/c1-8(2)5-6-9-11(12(13)14-15-9)10-4-3-7-16-10/h3-4,7-8H,5-6H2,1-2H3,(H2,13,14). The summed E-state index contributed by atoms with van der Waals surface area (Å²) in [5.74, 6) is 2.07. The molecule has 2 aromatic rings. The van der Waals surface area contributed by atoms with Crippen LogP contribution in [0.3, 0.4) is 0 Å². The molecule has 0 saturated carbocycles. The van der Waals surface area contributed by atoms with E-state index in [2.05, 4.69) is 19.0 Å². The van der Waals surface area contributed by atoms with E-state index in [1.807, 2.05) is 17.5 Å². The molecule has 0 fully saturated rings. The highest BCUT2D eigenvalue weighted by Crippen LogP contribution is 2.33. The Labute approximate surface area is 99.3 Å². The predicted octanol–water partition coefficient (Wildman–Crippen LogP) is 3.57. The average Bonchev–Trinajstić information content (AvgIpc) is 2.83. The van der Waals surface area contributed by atoms with E-state index >= 15 is 0 Å². The van der Waals surface area contributed by atoms with Gasteiger partial charge in [-0.15, -0.1) is 11.3 Å². The molecule has 0 saturated heterocycles. The van der Waals surface area contributed by atoms with Crippen LogP contribution in [0.1, 0.15) is 26.0 Å². The average molecular weight is 236 g/mol. The maximum Gasteiger partial charge on any atom is 0.175 e. The van der Waals surface area contributed by atoms with E-state index in [0.717, 1.165) is 29.0 Å². The van der Waals surface area contributed by atoms with Crippen molar-refractivity contribution >= 4 is 17.2 Å². The molecule has 2 rings (SSSR count). The molecule has 0 atom stereocenters. The van der Waals surface area contributed by atoms with Crippen LogP contribution in [0.5, 0.6) is 0 Å². The Morgan fingerprint density at radius 3 is 2.94 bits per heavy atom. The number of anilines is 1. The summed E-state index contributed by atoms with van der Waals surface area (Å²) in [5.41, 5.74) is 6.82. The SMILES string of the molecule is CC(C)CCc1onc(N)c1-c1cccs1. The molecule has 16 heavy (non-hydrogen) atoms. The van der Waals surface area contributed by atoms with Crippen molar-refractivity contribution in [1.29, 1.82) is 0 Å². The first-order chi connectivity index (χ1) is 7.68. The maximum absolute atomic E-state index is 5.84. The third-order valence-corrected chi connectivity index (χ3v) is 3.39. The van der Waals surface area contributed by atoms with Crippen molar-refractivity contribution in [3.63, 3.8) is 0 Å². The van der Waals surface area contributed by atoms with Gasteiger partial charge in [0.25, 0.3) is 0 Å². The Morgan fingerprint density at radius 1 is 1.50 bits per heavy atom. The number of aromatic nitrogens is 1. The zero-order chi connectivity index (χ0) is 11.5. The number of nitrogens with two attached hydrogens (primary N) is 1. The molecule has 0 aromatic carbocycles. The Hall–Kier alpha value is -1.29. The Kier molecular flexibility index (Phi) is 3.29. The summed E-state index contributed by atoms with van der Waals surface area (Å²) >= 11 is 1.66. The van der Waals surface area contributed by atoms with Gasteiger partial charge in [0.05, 0.1) is 5.56 Å². The first-order valence-electron chi connectivity index (χ1n) is 5.46. The van der Waals surface area contributed by atoms with Crippen LogP contribution in [0.2, 0.25) is 0 Å². The zero-order valence-corrected chi connectivity index (χ0v) is 10.4. The third kappa shape index (κ3) is 2.27. The predicted molar refractivity (Wildman–Crippen MR) is 67.4 cm³/mol. The second-order valence-corrected chi connectivity index (χ2v) is 5.22. The lowest BCUT2D eigenvalue weighted by molar-refractivity contribution is 0.376. The molecule has 0 aliphatic rings. The van der Waals surface area contributed by atoms with Gasteiger partial charge in [-0.2, -0.15) is 0 Å². The molecule has 2 N–H and O–H groups in total. The van der Waals surface area contributed by atoms with Crippen LogP contribution in [0.4, 0.5) is 5.82 Å². The number of aryl methyl sites for hydroxylation is 1. The highest BCUT2D eigenvalue weighted by Gasteiger charge is 2.16. The van der Waals surface area contributed by atoms with Gasteiger partial charge in [-0.05, 0) is 23.8 Å². The Morgan fingerprint density at radius 2 is 2.31 bits per heavy atom. The normalized spacial score (nSPS) is 11.2. The van der Waals surface area contributed by atoms with E-state index in [4.69, 9.17) is 10.3 Å². The molecule has 2 heterocycles. The number of nitrogens with zero attached hydrogens (tertiary/aromatic N) is 1. The first-order valence-corrected chi connectivity index (χ1v) is 6.34. The van der Waals surface area contributed by atoms with Gasteiger partial charge in [0.2, 0.25) is 0 Å². The van der Waals surface area contributed by atoms with Crippen molar-refractivity contribution in [3.8, 4) is 10.4 Å². The van der Waals surface area contributed by atoms with Crippen LogP contribution in [-0.4, -0.2) is 5.16 Å². The van der Waals surface area contributed by atoms with Gasteiger partial charge < -0.3 is 10.3 Å². The number of hydrogen-bond acceptors (Lipinski definition) is 4. The molecule has 4 heteroatoms. The Balaban J connectivity index is 2.26. The second kappa shape index (κ2) is 4.70. The van der Waals surface area contributed by atoms with Crippen LogP contribution in [0, 0.1) is 5.92 Å². The molecule has 0 radical (unpaired) electrons. The molecule has 0 amide bonds. The number of nitrogen functional groups attached to an aromatic ring is 1. The minimum atomic E-state index is 0.501. The lowest BCUT2D eigenvalue weighted by Crippen LogP contribution is -1.93. The number of rotatable bonds is 4. The quantitative estimate of drug-likeness (QED) is 0.882. The summed E-state index contributed by atoms with van der Waals surface area (Å²) in [7, 11) is 0.